The van der Waals surface area contributed by atoms with Gasteiger partial charge < -0.3 is 14.8 Å². The Morgan fingerprint density at radius 1 is 0.967 bits per heavy atom. The van der Waals surface area contributed by atoms with Crippen LogP contribution in [0.3, 0.4) is 0 Å². The van der Waals surface area contributed by atoms with E-state index in [1.807, 2.05) is 73.0 Å². The van der Waals surface area contributed by atoms with Crippen LogP contribution in [0.5, 0.6) is 0 Å². The molecule has 2 unspecified atom stereocenters. The van der Waals surface area contributed by atoms with Crippen molar-refractivity contribution in [1.82, 2.24) is 14.9 Å². The monoisotopic (exact) mass is 409 g/mol. The lowest BCUT2D eigenvalue weighted by molar-refractivity contribution is -0.142. The molecule has 7 heteroatoms. The van der Waals surface area contributed by atoms with Crippen LogP contribution in [0.4, 0.5) is 0 Å². The lowest BCUT2D eigenvalue weighted by Gasteiger charge is -2.22. The Hall–Kier alpha value is -3.19. The Balaban J connectivity index is 1.92. The smallest absolute Gasteiger partial charge is 0.321 e. The molecule has 1 heterocycles. The number of benzene rings is 2. The third-order valence-corrected chi connectivity index (χ3v) is 5.01. The van der Waals surface area contributed by atoms with E-state index < -0.39 is 24.0 Å². The zero-order chi connectivity index (χ0) is 21.7. The number of para-hydroxylation sites is 2. The fourth-order valence-corrected chi connectivity index (χ4v) is 3.58. The van der Waals surface area contributed by atoms with Crippen molar-refractivity contribution in [3.8, 4) is 0 Å². The topological polar surface area (TPSA) is 104 Å². The lowest BCUT2D eigenvalue weighted by atomic mass is 10.0. The predicted octanol–water partition coefficient (Wildman–Crippen LogP) is 3.17. The number of aliphatic carboxylic acids is 2. The number of aromatic nitrogens is 2. The van der Waals surface area contributed by atoms with Crippen molar-refractivity contribution in [2.45, 2.75) is 45.3 Å². The molecule has 0 saturated heterocycles. The molecule has 2 atom stereocenters. The number of hydrogen-bond acceptors (Lipinski definition) is 4. The van der Waals surface area contributed by atoms with E-state index in [2.05, 4.69) is 10.3 Å². The molecule has 0 saturated carbocycles. The van der Waals surface area contributed by atoms with E-state index in [9.17, 15) is 19.8 Å². The summed E-state index contributed by atoms with van der Waals surface area (Å²) in [6.07, 6.45) is 0.429. The average Bonchev–Trinajstić information content (AvgIpc) is 3.04. The number of fused-ring (bicyclic) bond motifs is 1. The molecule has 30 heavy (non-hydrogen) atoms. The van der Waals surface area contributed by atoms with Crippen LogP contribution < -0.4 is 5.32 Å². The largest absolute Gasteiger partial charge is 0.480 e. The summed E-state index contributed by atoms with van der Waals surface area (Å²) in [6, 6.07) is 15.5. The number of carbonyl (C=O) groups is 2. The van der Waals surface area contributed by atoms with Crippen LogP contribution in [-0.2, 0) is 22.6 Å². The normalized spacial score (nSPS) is 13.4. The molecule has 1 aromatic heterocycles. The van der Waals surface area contributed by atoms with Crippen molar-refractivity contribution in [2.24, 2.45) is 5.92 Å². The Labute approximate surface area is 175 Å². The number of nitrogens with one attached hydrogen (secondary N) is 1. The van der Waals surface area contributed by atoms with E-state index in [-0.39, 0.29) is 12.3 Å². The van der Waals surface area contributed by atoms with Gasteiger partial charge in [-0.3, -0.25) is 14.9 Å². The summed E-state index contributed by atoms with van der Waals surface area (Å²) < 4.78 is 2.00. The minimum absolute atomic E-state index is 0.0821. The summed E-state index contributed by atoms with van der Waals surface area (Å²) in [6.45, 7) is 4.37. The summed E-state index contributed by atoms with van der Waals surface area (Å²) in [5, 5.41) is 22.1. The molecule has 3 aromatic rings. The van der Waals surface area contributed by atoms with Gasteiger partial charge in [-0.2, -0.15) is 0 Å². The molecular weight excluding hydrogens is 382 g/mol. The second-order valence-corrected chi connectivity index (χ2v) is 7.87. The summed E-state index contributed by atoms with van der Waals surface area (Å²) in [5.41, 5.74) is 2.77. The first-order valence-electron chi connectivity index (χ1n) is 10.0. The summed E-state index contributed by atoms with van der Waals surface area (Å²) >= 11 is 0. The quantitative estimate of drug-likeness (QED) is 0.475. The zero-order valence-corrected chi connectivity index (χ0v) is 17.2. The van der Waals surface area contributed by atoms with E-state index in [1.54, 1.807) is 0 Å². The van der Waals surface area contributed by atoms with Crippen molar-refractivity contribution < 1.29 is 19.8 Å². The number of hydrogen-bond donors (Lipinski definition) is 3. The second kappa shape index (κ2) is 9.54. The van der Waals surface area contributed by atoms with Crippen LogP contribution in [0.1, 0.15) is 31.7 Å². The first-order valence-corrected chi connectivity index (χ1v) is 10.0. The van der Waals surface area contributed by atoms with Gasteiger partial charge in [0.2, 0.25) is 0 Å². The van der Waals surface area contributed by atoms with Gasteiger partial charge in [0.25, 0.3) is 0 Å². The molecule has 0 radical (unpaired) electrons. The predicted molar refractivity (Wildman–Crippen MR) is 114 cm³/mol. The van der Waals surface area contributed by atoms with Gasteiger partial charge in [0, 0.05) is 13.0 Å². The van der Waals surface area contributed by atoms with Gasteiger partial charge in [0.15, 0.2) is 0 Å². The maximum atomic E-state index is 11.9. The molecule has 0 bridgehead atoms. The number of nitrogens with zero attached hydrogens (tertiary/aromatic N) is 2. The number of rotatable bonds is 10. The van der Waals surface area contributed by atoms with Crippen LogP contribution in [0.2, 0.25) is 0 Å². The molecule has 0 fully saturated rings. The van der Waals surface area contributed by atoms with Gasteiger partial charge >= 0.3 is 11.9 Å². The molecule has 158 valence electrons. The number of carboxylic acid groups (broad SMARTS) is 2. The van der Waals surface area contributed by atoms with E-state index in [1.165, 1.54) is 0 Å². The minimum Gasteiger partial charge on any atom is -0.480 e. The highest BCUT2D eigenvalue weighted by Gasteiger charge is 2.28. The standard InChI is InChI=1S/C23H27N3O4/c1-15(2)12-18(22(27)28)24-19(23(29)30)13-21-25-17-10-6-7-11-20(17)26(21)14-16-8-4-3-5-9-16/h3-11,15,18-19,24H,12-14H2,1-2H3,(H,27,28)(H,29,30). The van der Waals surface area contributed by atoms with Crippen molar-refractivity contribution in [3.05, 3.63) is 66.0 Å². The first kappa shape index (κ1) is 21.5. The highest BCUT2D eigenvalue weighted by atomic mass is 16.4. The molecule has 7 nitrogen and oxygen atoms in total. The third kappa shape index (κ3) is 5.24. The van der Waals surface area contributed by atoms with Gasteiger partial charge in [-0.15, -0.1) is 0 Å². The molecule has 2 aromatic carbocycles. The van der Waals surface area contributed by atoms with E-state index in [0.29, 0.717) is 18.8 Å². The van der Waals surface area contributed by atoms with Gasteiger partial charge in [0.05, 0.1) is 11.0 Å². The van der Waals surface area contributed by atoms with Crippen LogP contribution >= 0.6 is 0 Å². The van der Waals surface area contributed by atoms with Crippen LogP contribution in [-0.4, -0.2) is 43.8 Å². The minimum atomic E-state index is -1.09. The molecule has 0 amide bonds. The Kier molecular flexibility index (Phi) is 6.84. The lowest BCUT2D eigenvalue weighted by Crippen LogP contribution is -2.49. The summed E-state index contributed by atoms with van der Waals surface area (Å²) in [5.74, 6) is -1.42. The molecule has 3 rings (SSSR count). The third-order valence-electron chi connectivity index (χ3n) is 5.01. The van der Waals surface area contributed by atoms with Gasteiger partial charge in [-0.1, -0.05) is 56.3 Å². The average molecular weight is 409 g/mol. The van der Waals surface area contributed by atoms with E-state index in [0.717, 1.165) is 16.6 Å². The highest BCUT2D eigenvalue weighted by molar-refractivity contribution is 5.79. The summed E-state index contributed by atoms with van der Waals surface area (Å²) in [4.78, 5) is 28.2. The fraction of sp³-hybridized carbons (Fsp3) is 0.348. The van der Waals surface area contributed by atoms with Crippen LogP contribution in [0, 0.1) is 5.92 Å². The first-order chi connectivity index (χ1) is 14.3. The Morgan fingerprint density at radius 2 is 1.60 bits per heavy atom. The van der Waals surface area contributed by atoms with Crippen molar-refractivity contribution >= 4 is 23.0 Å². The van der Waals surface area contributed by atoms with Crippen LogP contribution in [0.25, 0.3) is 11.0 Å². The zero-order valence-electron chi connectivity index (χ0n) is 17.2. The van der Waals surface area contributed by atoms with Crippen molar-refractivity contribution in [1.29, 1.82) is 0 Å². The maximum absolute atomic E-state index is 11.9. The maximum Gasteiger partial charge on any atom is 0.321 e. The van der Waals surface area contributed by atoms with Crippen molar-refractivity contribution in [3.63, 3.8) is 0 Å². The highest BCUT2D eigenvalue weighted by Crippen LogP contribution is 2.19. The second-order valence-electron chi connectivity index (χ2n) is 7.87. The molecule has 0 aliphatic rings. The molecule has 3 N–H and O–H groups in total. The van der Waals surface area contributed by atoms with E-state index >= 15 is 0 Å². The van der Waals surface area contributed by atoms with Gasteiger partial charge in [-0.25, -0.2) is 4.98 Å². The molecule has 0 aliphatic carbocycles. The van der Waals surface area contributed by atoms with Gasteiger partial charge in [-0.05, 0) is 30.0 Å². The molecule has 0 spiro atoms. The molecule has 0 aliphatic heterocycles. The van der Waals surface area contributed by atoms with Gasteiger partial charge in [0.1, 0.15) is 17.9 Å². The molecular formula is C23H27N3O4. The number of carboxylic acids is 2. The van der Waals surface area contributed by atoms with E-state index in [4.69, 9.17) is 0 Å². The SMILES string of the molecule is CC(C)CC(NC(Cc1nc2ccccc2n1Cc1ccccc1)C(=O)O)C(=O)O. The Bertz CT molecular complexity index is 1010. The van der Waals surface area contributed by atoms with Crippen molar-refractivity contribution in [2.75, 3.05) is 0 Å². The Morgan fingerprint density at radius 3 is 2.23 bits per heavy atom. The number of imidazole rings is 1. The summed E-state index contributed by atoms with van der Waals surface area (Å²) in [7, 11) is 0. The fourth-order valence-electron chi connectivity index (χ4n) is 3.58. The van der Waals surface area contributed by atoms with Crippen LogP contribution in [0.15, 0.2) is 54.6 Å².